The van der Waals surface area contributed by atoms with Gasteiger partial charge in [-0.2, -0.15) is 13.2 Å². The number of alkyl halides is 3. The van der Waals surface area contributed by atoms with Gasteiger partial charge in [-0.1, -0.05) is 0 Å². The zero-order chi connectivity index (χ0) is 19.6. The second-order valence-corrected chi connectivity index (χ2v) is 8.14. The zero-order valence-electron chi connectivity index (χ0n) is 13.3. The standard InChI is InChI=1S/C13H14F3N3O6S/c1-26(24,25)17-4-6-5-2-3-18(12(23)13(14,15)16)9-7(5)19(10(9)20)8(6)11(21)22/h5,7,9,17H,2-4H2,1H3,(H,21,22)/t5?,7-,9+/m1/s1. The number of piperidine rings is 1. The predicted molar refractivity (Wildman–Crippen MR) is 77.8 cm³/mol. The molecule has 3 aliphatic rings. The maximum Gasteiger partial charge on any atom is 0.471 e. The van der Waals surface area contributed by atoms with Gasteiger partial charge >= 0.3 is 18.1 Å². The van der Waals surface area contributed by atoms with E-state index in [0.717, 1.165) is 11.2 Å². The average molecular weight is 397 g/mol. The third-order valence-corrected chi connectivity index (χ3v) is 5.43. The lowest BCUT2D eigenvalue weighted by molar-refractivity contribution is -0.198. The Morgan fingerprint density at radius 2 is 1.96 bits per heavy atom. The molecule has 0 spiro atoms. The number of halogens is 3. The van der Waals surface area contributed by atoms with Crippen molar-refractivity contribution in [1.82, 2.24) is 14.5 Å². The largest absolute Gasteiger partial charge is 0.477 e. The lowest BCUT2D eigenvalue weighted by atomic mass is 9.78. The molecule has 0 aromatic carbocycles. The summed E-state index contributed by atoms with van der Waals surface area (Å²) in [5, 5.41) is 9.39. The highest BCUT2D eigenvalue weighted by molar-refractivity contribution is 7.88. The van der Waals surface area contributed by atoms with Crippen LogP contribution in [0.1, 0.15) is 6.42 Å². The van der Waals surface area contributed by atoms with Gasteiger partial charge in [-0.25, -0.2) is 17.9 Å². The van der Waals surface area contributed by atoms with E-state index in [1.807, 2.05) is 0 Å². The lowest BCUT2D eigenvalue weighted by Gasteiger charge is -2.53. The first-order valence-electron chi connectivity index (χ1n) is 7.46. The normalized spacial score (nSPS) is 28.2. The van der Waals surface area contributed by atoms with Crippen LogP contribution in [0.2, 0.25) is 0 Å². The number of β-lactam (4-membered cyclic amide) rings is 1. The summed E-state index contributed by atoms with van der Waals surface area (Å²) < 4.78 is 62.9. The quantitative estimate of drug-likeness (QED) is 0.579. The second-order valence-electron chi connectivity index (χ2n) is 6.31. The Morgan fingerprint density at radius 3 is 2.46 bits per heavy atom. The smallest absolute Gasteiger partial charge is 0.471 e. The van der Waals surface area contributed by atoms with E-state index >= 15 is 0 Å². The SMILES string of the molecule is CS(=O)(=O)NCC1=C(C(=O)O)N2C(=O)[C@@H]3[C@H]2C1CCN3C(=O)C(F)(F)F. The van der Waals surface area contributed by atoms with Gasteiger partial charge in [-0.05, 0) is 12.0 Å². The third-order valence-electron chi connectivity index (χ3n) is 4.76. The molecular weight excluding hydrogens is 383 g/mol. The van der Waals surface area contributed by atoms with Crippen molar-refractivity contribution in [2.24, 2.45) is 5.92 Å². The number of sulfonamides is 1. The van der Waals surface area contributed by atoms with E-state index in [-0.39, 0.29) is 25.1 Å². The predicted octanol–water partition coefficient (Wildman–Crippen LogP) is -1.12. The Labute approximate surface area is 145 Å². The molecule has 0 radical (unpaired) electrons. The summed E-state index contributed by atoms with van der Waals surface area (Å²) in [5.41, 5.74) is -0.304. The van der Waals surface area contributed by atoms with Gasteiger partial charge < -0.3 is 10.0 Å². The molecule has 2 amide bonds. The van der Waals surface area contributed by atoms with Crippen molar-refractivity contribution in [1.29, 1.82) is 0 Å². The molecule has 3 heterocycles. The number of amides is 2. The van der Waals surface area contributed by atoms with Crippen molar-refractivity contribution in [3.05, 3.63) is 11.3 Å². The molecule has 2 saturated heterocycles. The van der Waals surface area contributed by atoms with Crippen molar-refractivity contribution < 1.29 is 41.1 Å². The summed E-state index contributed by atoms with van der Waals surface area (Å²) in [7, 11) is -3.65. The topological polar surface area (TPSA) is 124 Å². The minimum atomic E-state index is -5.14. The van der Waals surface area contributed by atoms with Crippen LogP contribution in [0.5, 0.6) is 0 Å². The number of aliphatic carboxylic acids is 1. The van der Waals surface area contributed by atoms with E-state index in [9.17, 15) is 41.1 Å². The van der Waals surface area contributed by atoms with Crippen LogP contribution < -0.4 is 4.72 Å². The molecule has 2 fully saturated rings. The number of rotatable bonds is 4. The fourth-order valence-electron chi connectivity index (χ4n) is 3.82. The number of nitrogens with one attached hydrogen (secondary N) is 1. The van der Waals surface area contributed by atoms with Gasteiger partial charge in [0.05, 0.1) is 12.3 Å². The molecular formula is C13H14F3N3O6S. The van der Waals surface area contributed by atoms with Crippen LogP contribution >= 0.6 is 0 Å². The molecule has 9 nitrogen and oxygen atoms in total. The first kappa shape index (κ1) is 18.6. The van der Waals surface area contributed by atoms with Crippen LogP contribution in [-0.4, -0.2) is 78.7 Å². The molecule has 3 rings (SSSR count). The fraction of sp³-hybridized carbons (Fsp3) is 0.615. The number of nitrogens with zero attached hydrogens (tertiary/aromatic N) is 2. The Hall–Kier alpha value is -2.15. The summed E-state index contributed by atoms with van der Waals surface area (Å²) in [6.07, 6.45) is -4.28. The van der Waals surface area contributed by atoms with Crippen molar-refractivity contribution >= 4 is 27.8 Å². The van der Waals surface area contributed by atoms with Gasteiger partial charge in [0.25, 0.3) is 5.91 Å². The Bertz CT molecular complexity index is 837. The maximum absolute atomic E-state index is 12.7. The number of hydrogen-bond acceptors (Lipinski definition) is 5. The van der Waals surface area contributed by atoms with Crippen LogP contribution in [0.4, 0.5) is 13.2 Å². The number of carbonyl (C=O) groups excluding carboxylic acids is 2. The number of hydrogen-bond donors (Lipinski definition) is 2. The van der Waals surface area contributed by atoms with Gasteiger partial charge in [-0.15, -0.1) is 0 Å². The molecule has 0 bridgehead atoms. The first-order valence-corrected chi connectivity index (χ1v) is 9.35. The van der Waals surface area contributed by atoms with Crippen LogP contribution in [0.25, 0.3) is 0 Å². The van der Waals surface area contributed by atoms with Crippen molar-refractivity contribution in [3.8, 4) is 0 Å². The highest BCUT2D eigenvalue weighted by atomic mass is 32.2. The van der Waals surface area contributed by atoms with Crippen LogP contribution in [0.3, 0.4) is 0 Å². The number of likely N-dealkylation sites (tertiary alicyclic amines) is 1. The van der Waals surface area contributed by atoms with Crippen molar-refractivity contribution in [2.45, 2.75) is 24.7 Å². The summed E-state index contributed by atoms with van der Waals surface area (Å²) >= 11 is 0. The Kier molecular flexibility index (Phi) is 4.07. The molecule has 26 heavy (non-hydrogen) atoms. The van der Waals surface area contributed by atoms with Crippen molar-refractivity contribution in [3.63, 3.8) is 0 Å². The zero-order valence-corrected chi connectivity index (χ0v) is 14.1. The Balaban J connectivity index is 1.93. The fourth-order valence-corrected chi connectivity index (χ4v) is 4.24. The third kappa shape index (κ3) is 2.74. The van der Waals surface area contributed by atoms with Gasteiger partial charge in [-0.3, -0.25) is 14.5 Å². The summed E-state index contributed by atoms with van der Waals surface area (Å²) in [6, 6.07) is -2.32. The van der Waals surface area contributed by atoms with E-state index in [4.69, 9.17) is 0 Å². The molecule has 144 valence electrons. The summed E-state index contributed by atoms with van der Waals surface area (Å²) in [6.45, 7) is -0.746. The van der Waals surface area contributed by atoms with Gasteiger partial charge in [0.2, 0.25) is 10.0 Å². The summed E-state index contributed by atoms with van der Waals surface area (Å²) in [5.74, 6) is -5.17. The molecule has 0 aromatic rings. The van der Waals surface area contributed by atoms with Crippen molar-refractivity contribution in [2.75, 3.05) is 19.3 Å². The van der Waals surface area contributed by atoms with Gasteiger partial charge in [0, 0.05) is 19.0 Å². The van der Waals surface area contributed by atoms with Crippen LogP contribution in [0, 0.1) is 5.92 Å². The number of carbonyl (C=O) groups is 3. The first-order chi connectivity index (χ1) is 11.8. The molecule has 13 heteroatoms. The Morgan fingerprint density at radius 1 is 1.35 bits per heavy atom. The lowest BCUT2D eigenvalue weighted by Crippen LogP contribution is -2.74. The highest BCUT2D eigenvalue weighted by Crippen LogP contribution is 2.49. The maximum atomic E-state index is 12.7. The van der Waals surface area contributed by atoms with E-state index in [2.05, 4.69) is 4.72 Å². The average Bonchev–Trinajstić information content (AvgIpc) is 2.82. The number of carboxylic acids is 1. The van der Waals surface area contributed by atoms with Crippen LogP contribution in [0.15, 0.2) is 11.3 Å². The van der Waals surface area contributed by atoms with E-state index in [1.54, 1.807) is 0 Å². The minimum Gasteiger partial charge on any atom is -0.477 e. The summed E-state index contributed by atoms with van der Waals surface area (Å²) in [4.78, 5) is 36.7. The van der Waals surface area contributed by atoms with E-state index in [1.165, 1.54) is 0 Å². The molecule has 3 atom stereocenters. The van der Waals surface area contributed by atoms with Gasteiger partial charge in [0.15, 0.2) is 0 Å². The molecule has 2 N–H and O–H groups in total. The monoisotopic (exact) mass is 397 g/mol. The van der Waals surface area contributed by atoms with Gasteiger partial charge in [0.1, 0.15) is 11.7 Å². The minimum absolute atomic E-state index is 0.00960. The molecule has 3 aliphatic heterocycles. The van der Waals surface area contributed by atoms with Crippen LogP contribution in [-0.2, 0) is 24.4 Å². The second kappa shape index (κ2) is 5.67. The molecule has 0 aliphatic carbocycles. The molecule has 0 saturated carbocycles. The van der Waals surface area contributed by atoms with E-state index in [0.29, 0.717) is 4.90 Å². The highest BCUT2D eigenvalue weighted by Gasteiger charge is 2.65. The molecule has 1 unspecified atom stereocenters. The van der Waals surface area contributed by atoms with E-state index < -0.39 is 57.7 Å². The molecule has 0 aromatic heterocycles. The number of carboxylic acid groups (broad SMARTS) is 1.